The van der Waals surface area contributed by atoms with Gasteiger partial charge in [0.15, 0.2) is 12.0 Å². The Balaban J connectivity index is 0.000000182. The van der Waals surface area contributed by atoms with E-state index >= 15 is 0 Å². The van der Waals surface area contributed by atoms with Crippen LogP contribution in [0.15, 0.2) is 106 Å². The number of aromatic nitrogens is 2. The van der Waals surface area contributed by atoms with E-state index in [1.165, 1.54) is 22.3 Å². The summed E-state index contributed by atoms with van der Waals surface area (Å²) in [5.74, 6) is 2.55. The van der Waals surface area contributed by atoms with Crippen molar-refractivity contribution >= 4 is 40.2 Å². The molecule has 0 bridgehead atoms. The second-order valence-corrected chi connectivity index (χ2v) is 13.9. The average Bonchev–Trinajstić information content (AvgIpc) is 3.86. The number of thioether (sulfide) groups is 1. The number of likely N-dealkylation sites (N-methyl/N-ethyl adjacent to an activating group) is 1. The number of aliphatic hydroxyl groups is 1. The highest BCUT2D eigenvalue weighted by molar-refractivity contribution is 8.00. The number of nitrogens with two attached hydrogens (primary N) is 1. The van der Waals surface area contributed by atoms with Gasteiger partial charge in [-0.05, 0) is 74.1 Å². The van der Waals surface area contributed by atoms with Crippen molar-refractivity contribution < 1.29 is 14.3 Å². The van der Waals surface area contributed by atoms with Gasteiger partial charge < -0.3 is 50.0 Å². The molecule has 2 aliphatic rings. The average molecular weight is 760 g/mol. The van der Waals surface area contributed by atoms with E-state index in [-0.39, 0.29) is 56.6 Å². The minimum absolute atomic E-state index is 0.0285. The van der Waals surface area contributed by atoms with Crippen molar-refractivity contribution in [3.8, 4) is 5.75 Å². The molecule has 0 spiro atoms. The fourth-order valence-corrected chi connectivity index (χ4v) is 7.03. The van der Waals surface area contributed by atoms with Crippen molar-refractivity contribution in [1.29, 1.82) is 0 Å². The molecule has 3 atom stereocenters. The van der Waals surface area contributed by atoms with E-state index in [1.807, 2.05) is 30.8 Å². The fraction of sp³-hybridized carbons (Fsp3) is 0.297. The molecule has 17 heteroatoms. The molecule has 16 nitrogen and oxygen atoms in total. The van der Waals surface area contributed by atoms with Crippen LogP contribution in [0.1, 0.15) is 30.4 Å². The molecule has 2 aliphatic heterocycles. The van der Waals surface area contributed by atoms with Crippen LogP contribution in [-0.4, -0.2) is 50.5 Å². The molecule has 0 radical (unpaired) electrons. The lowest BCUT2D eigenvalue weighted by Crippen LogP contribution is -2.39. The number of nitrogens with one attached hydrogen (secondary N) is 3. The largest absolute Gasteiger partial charge is 0.491 e. The number of furan rings is 1. The van der Waals surface area contributed by atoms with Gasteiger partial charge in [0.25, 0.3) is 32.8 Å². The van der Waals surface area contributed by atoms with Crippen LogP contribution in [-0.2, 0) is 14.1 Å². The first-order valence-corrected chi connectivity index (χ1v) is 17.8. The van der Waals surface area contributed by atoms with Crippen molar-refractivity contribution in [2.45, 2.75) is 37.3 Å². The predicted octanol–water partition coefficient (Wildman–Crippen LogP) is 2.02. The zero-order chi connectivity index (χ0) is 39.3. The van der Waals surface area contributed by atoms with Gasteiger partial charge in [-0.1, -0.05) is 0 Å². The summed E-state index contributed by atoms with van der Waals surface area (Å²) in [6.45, 7) is 1.87. The van der Waals surface area contributed by atoms with Crippen LogP contribution < -0.4 is 59.3 Å². The lowest BCUT2D eigenvalue weighted by molar-refractivity contribution is 0.0846. The van der Waals surface area contributed by atoms with Gasteiger partial charge in [-0.2, -0.15) is 11.8 Å². The summed E-state index contributed by atoms with van der Waals surface area (Å²) in [5.41, 5.74) is 3.60. The predicted molar refractivity (Wildman–Crippen MR) is 210 cm³/mol. The Morgan fingerprint density at radius 1 is 0.870 bits per heavy atom. The Hall–Kier alpha value is -6.07. The molecule has 7 rings (SSSR count). The third-order valence-corrected chi connectivity index (χ3v) is 10.2. The zero-order valence-corrected chi connectivity index (χ0v) is 31.1. The standard InChI is InChI=1S/C20H21N3O4S.C11H10N2O4.C6H10N2O/c1-11-7-8-13(27-11)15(14-6-4-10-28-14)22-17-16(18(24)19(17)25)21-12-5-3-9-23(2)20(12)26;1-13-5-3-4-6(11(13)16)12-7-8(14)9(15)10(7)17-2;1-8-4-2-3-5(7)6(8)9/h3,5,7-9,14-15,21-22H,4,6,10H2,1-2H3;3-5,12H,1-2H3;2-4,6,9H,7H2,1H3. The number of aliphatic hydroxyl groups excluding tert-OH is 1. The van der Waals surface area contributed by atoms with E-state index in [0.29, 0.717) is 5.70 Å². The van der Waals surface area contributed by atoms with Crippen LogP contribution in [0.4, 0.5) is 28.4 Å². The third kappa shape index (κ3) is 8.26. The molecule has 5 heterocycles. The highest BCUT2D eigenvalue weighted by atomic mass is 32.2. The van der Waals surface area contributed by atoms with Gasteiger partial charge in [0, 0.05) is 45.0 Å². The Labute approximate surface area is 312 Å². The Morgan fingerprint density at radius 2 is 1.46 bits per heavy atom. The van der Waals surface area contributed by atoms with Crippen LogP contribution >= 0.6 is 11.8 Å². The highest BCUT2D eigenvalue weighted by Gasteiger charge is 2.33. The fourth-order valence-electron chi connectivity index (χ4n) is 5.66. The number of nitrogens with zero attached hydrogens (tertiary/aromatic N) is 3. The number of hydrogen-bond donors (Lipinski definition) is 5. The highest BCUT2D eigenvalue weighted by Crippen LogP contribution is 2.39. The molecule has 2 aromatic carbocycles. The zero-order valence-electron chi connectivity index (χ0n) is 30.2. The molecule has 1 fully saturated rings. The summed E-state index contributed by atoms with van der Waals surface area (Å²) in [7, 11) is 6.28. The van der Waals surface area contributed by atoms with E-state index in [2.05, 4.69) is 16.0 Å². The molecule has 1 saturated heterocycles. The molecule has 0 saturated carbocycles. The van der Waals surface area contributed by atoms with Crippen molar-refractivity contribution in [1.82, 2.24) is 14.0 Å². The Morgan fingerprint density at radius 3 is 1.98 bits per heavy atom. The molecule has 0 aliphatic carbocycles. The Bertz CT molecular complexity index is 2460. The van der Waals surface area contributed by atoms with Crippen molar-refractivity contribution in [2.75, 3.05) is 35.9 Å². The van der Waals surface area contributed by atoms with Crippen LogP contribution in [0.3, 0.4) is 0 Å². The number of anilines is 5. The number of pyridine rings is 2. The van der Waals surface area contributed by atoms with E-state index < -0.39 is 27.9 Å². The van der Waals surface area contributed by atoms with Crippen molar-refractivity contribution in [3.05, 3.63) is 146 Å². The van der Waals surface area contributed by atoms with E-state index in [1.54, 1.807) is 75.0 Å². The first-order valence-electron chi connectivity index (χ1n) is 16.8. The second-order valence-electron chi connectivity index (χ2n) is 12.6. The summed E-state index contributed by atoms with van der Waals surface area (Å²) in [4.78, 5) is 72.3. The molecule has 3 aromatic heterocycles. The minimum atomic E-state index is -0.678. The summed E-state index contributed by atoms with van der Waals surface area (Å²) in [6, 6.07) is 10.0. The minimum Gasteiger partial charge on any atom is -0.491 e. The molecule has 284 valence electrons. The van der Waals surface area contributed by atoms with Gasteiger partial charge in [-0.25, -0.2) is 0 Å². The van der Waals surface area contributed by atoms with Crippen LogP contribution in [0.25, 0.3) is 0 Å². The quantitative estimate of drug-likeness (QED) is 0.136. The maximum Gasteiger partial charge on any atom is 0.273 e. The molecule has 54 heavy (non-hydrogen) atoms. The van der Waals surface area contributed by atoms with E-state index in [4.69, 9.17) is 20.0 Å². The third-order valence-electron chi connectivity index (χ3n) is 8.75. The molecule has 6 N–H and O–H groups in total. The number of hydrogen-bond acceptors (Lipinski definition) is 15. The van der Waals surface area contributed by atoms with Crippen LogP contribution in [0.2, 0.25) is 0 Å². The summed E-state index contributed by atoms with van der Waals surface area (Å²) < 4.78 is 13.3. The topological polar surface area (TPSA) is 220 Å². The molecule has 3 unspecified atom stereocenters. The number of ether oxygens (including phenoxy) is 1. The summed E-state index contributed by atoms with van der Waals surface area (Å²) in [6.07, 6.45) is 9.92. The van der Waals surface area contributed by atoms with E-state index in [0.717, 1.165) is 30.1 Å². The Kier molecular flexibility index (Phi) is 12.1. The van der Waals surface area contributed by atoms with Gasteiger partial charge in [0.2, 0.25) is 0 Å². The number of aryl methyl sites for hydroxylation is 3. The van der Waals surface area contributed by atoms with Crippen molar-refractivity contribution in [2.24, 2.45) is 19.8 Å². The molecule has 5 aromatic rings. The summed E-state index contributed by atoms with van der Waals surface area (Å²) in [5, 5.41) is 18.1. The summed E-state index contributed by atoms with van der Waals surface area (Å²) >= 11 is 1.83. The first-order chi connectivity index (χ1) is 25.7. The van der Waals surface area contributed by atoms with Gasteiger partial charge in [-0.3, -0.25) is 28.8 Å². The van der Waals surface area contributed by atoms with Crippen molar-refractivity contribution in [3.63, 3.8) is 0 Å². The van der Waals surface area contributed by atoms with Crippen LogP contribution in [0, 0.1) is 6.92 Å². The van der Waals surface area contributed by atoms with Gasteiger partial charge in [-0.15, -0.1) is 0 Å². The van der Waals surface area contributed by atoms with Crippen LogP contribution in [0.5, 0.6) is 5.75 Å². The maximum absolute atomic E-state index is 12.3. The molecular weight excluding hydrogens is 719 g/mol. The lowest BCUT2D eigenvalue weighted by atomic mass is 10.0. The molecular formula is C37H41N7O9S. The monoisotopic (exact) mass is 759 g/mol. The number of allylic oxidation sites excluding steroid dienone is 2. The normalized spacial score (nSPS) is 16.9. The van der Waals surface area contributed by atoms with E-state index in [9.17, 15) is 28.8 Å². The smallest absolute Gasteiger partial charge is 0.273 e. The SMILES string of the molecule is CN1C=CC=C(N)C1O.COc1c(Nc2cccn(C)c2=O)c(=O)c1=O.Cc1ccc(C(Nc2c(Nc3cccn(C)c3=O)c(=O)c2=O)C2CCCS2)o1. The van der Waals surface area contributed by atoms with Gasteiger partial charge in [0.1, 0.15) is 40.0 Å². The lowest BCUT2D eigenvalue weighted by Gasteiger charge is -2.25. The first kappa shape index (κ1) is 39.1. The number of methoxy groups -OCH3 is 1. The molecule has 0 amide bonds. The maximum atomic E-state index is 12.3. The number of rotatable bonds is 9. The second kappa shape index (κ2) is 16.7. The van der Waals surface area contributed by atoms with Gasteiger partial charge in [0.05, 0.1) is 18.8 Å². The van der Waals surface area contributed by atoms with Gasteiger partial charge >= 0.3 is 0 Å².